The Morgan fingerprint density at radius 1 is 0.561 bits per heavy atom. The molecule has 12 heteroatoms. The normalized spacial score (nSPS) is 14.2. The number of hydrogen-bond acceptors (Lipinski definition) is 9. The number of carboxylic acids is 1. The Hall–Kier alpha value is -2.56. The highest BCUT2D eigenvalue weighted by molar-refractivity contribution is 7.47. The molecule has 0 amide bonds. The number of phosphoric ester groups is 1. The van der Waals surface area contributed by atoms with E-state index in [1.807, 2.05) is 36.5 Å². The maximum absolute atomic E-state index is 12.6. The molecule has 0 rings (SSSR count). The van der Waals surface area contributed by atoms with Gasteiger partial charge in [0.15, 0.2) is 6.10 Å². The van der Waals surface area contributed by atoms with E-state index >= 15 is 0 Å². The summed E-state index contributed by atoms with van der Waals surface area (Å²) in [6.45, 7) is 2.63. The fourth-order valence-electron chi connectivity index (χ4n) is 5.96. The lowest BCUT2D eigenvalue weighted by atomic mass is 10.0. The zero-order valence-corrected chi connectivity index (χ0v) is 36.6. The van der Waals surface area contributed by atoms with Gasteiger partial charge in [0.2, 0.25) is 0 Å². The lowest BCUT2D eigenvalue weighted by Gasteiger charge is -2.20. The van der Waals surface area contributed by atoms with E-state index in [1.165, 1.54) is 103 Å². The summed E-state index contributed by atoms with van der Waals surface area (Å²) in [5, 5.41) is 8.88. The van der Waals surface area contributed by atoms with Crippen LogP contribution in [-0.2, 0) is 37.5 Å². The van der Waals surface area contributed by atoms with Gasteiger partial charge in [0.25, 0.3) is 0 Å². The molecule has 4 N–H and O–H groups in total. The largest absolute Gasteiger partial charge is 0.480 e. The second-order valence-corrected chi connectivity index (χ2v) is 16.4. The number of allylic oxidation sites excluding steroid dienone is 8. The third-order valence-corrected chi connectivity index (χ3v) is 10.4. The lowest BCUT2D eigenvalue weighted by Crippen LogP contribution is -2.34. The highest BCUT2D eigenvalue weighted by atomic mass is 31.2. The zero-order chi connectivity index (χ0) is 42.1. The van der Waals surface area contributed by atoms with Crippen LogP contribution in [0.25, 0.3) is 0 Å². The number of unbranched alkanes of at least 4 members (excludes halogenated alkanes) is 22. The van der Waals surface area contributed by atoms with Gasteiger partial charge >= 0.3 is 25.7 Å². The Morgan fingerprint density at radius 2 is 0.982 bits per heavy atom. The molecule has 0 aromatic rings. The summed E-state index contributed by atoms with van der Waals surface area (Å²) in [4.78, 5) is 45.9. The number of rotatable bonds is 41. The second-order valence-electron chi connectivity index (χ2n) is 14.9. The quantitative estimate of drug-likeness (QED) is 0.0232. The van der Waals surface area contributed by atoms with Crippen LogP contribution in [0.4, 0.5) is 0 Å². The van der Waals surface area contributed by atoms with Gasteiger partial charge in [0, 0.05) is 12.8 Å². The number of carbonyl (C=O) groups is 3. The minimum Gasteiger partial charge on any atom is -0.480 e. The Balaban J connectivity index is 4.31. The van der Waals surface area contributed by atoms with Crippen molar-refractivity contribution >= 4 is 25.7 Å². The monoisotopic (exact) mass is 826 g/mol. The van der Waals surface area contributed by atoms with Crippen LogP contribution in [0.3, 0.4) is 0 Å². The first kappa shape index (κ1) is 54.4. The van der Waals surface area contributed by atoms with Crippen LogP contribution in [0.15, 0.2) is 48.6 Å². The van der Waals surface area contributed by atoms with Gasteiger partial charge in [-0.05, 0) is 32.1 Å². The van der Waals surface area contributed by atoms with Crippen molar-refractivity contribution in [3.63, 3.8) is 0 Å². The molecular weight excluding hydrogens is 745 g/mol. The van der Waals surface area contributed by atoms with Gasteiger partial charge in [-0.3, -0.25) is 23.4 Å². The van der Waals surface area contributed by atoms with Crippen LogP contribution in [0.2, 0.25) is 0 Å². The molecule has 0 aromatic heterocycles. The number of aliphatic carboxylic acids is 1. The number of carbonyl (C=O) groups excluding carboxylic acids is 2. The van der Waals surface area contributed by atoms with Crippen molar-refractivity contribution in [3.05, 3.63) is 48.6 Å². The minimum absolute atomic E-state index is 0.115. The molecule has 0 radical (unpaired) electrons. The standard InChI is InChI=1S/C45H80NO10P/c1-3-5-7-9-11-13-15-17-18-19-20-21-22-23-25-26-28-30-32-34-36-43(47)53-38-41(39-54-57(51,52)55-40-42(46)45(49)50)56-44(48)37-35-33-31-29-27-24-16-14-12-10-8-6-4-2/h6,8,10,12,14,16,24,27,41-42H,3-5,7,9,11,13,15,17-23,25-26,28-40,46H2,1-2H3,(H,49,50)(H,51,52)/b8-6+,12-10+,16-14+,27-24+/t41?,42-/m1/s1. The summed E-state index contributed by atoms with van der Waals surface area (Å²) in [5.74, 6) is -2.43. The molecule has 57 heavy (non-hydrogen) atoms. The molecule has 3 atom stereocenters. The summed E-state index contributed by atoms with van der Waals surface area (Å²) >= 11 is 0. The fourth-order valence-corrected chi connectivity index (χ4v) is 6.74. The Bertz CT molecular complexity index is 1150. The average Bonchev–Trinajstić information content (AvgIpc) is 3.19. The molecule has 0 spiro atoms. The van der Waals surface area contributed by atoms with E-state index in [2.05, 4.69) is 30.5 Å². The summed E-state index contributed by atoms with van der Waals surface area (Å²) in [6, 6.07) is -1.53. The van der Waals surface area contributed by atoms with Crippen molar-refractivity contribution in [1.82, 2.24) is 0 Å². The van der Waals surface area contributed by atoms with E-state index in [0.717, 1.165) is 44.9 Å². The van der Waals surface area contributed by atoms with Crippen molar-refractivity contribution in [2.24, 2.45) is 5.73 Å². The van der Waals surface area contributed by atoms with Gasteiger partial charge in [-0.2, -0.15) is 0 Å². The lowest BCUT2D eigenvalue weighted by molar-refractivity contribution is -0.161. The number of carboxylic acid groups (broad SMARTS) is 1. The molecule has 0 aromatic carbocycles. The maximum Gasteiger partial charge on any atom is 0.472 e. The molecule has 0 saturated carbocycles. The molecule has 0 heterocycles. The van der Waals surface area contributed by atoms with E-state index in [-0.39, 0.29) is 19.4 Å². The molecule has 0 aliphatic rings. The van der Waals surface area contributed by atoms with Gasteiger partial charge in [0.05, 0.1) is 13.2 Å². The molecular formula is C45H80NO10P. The van der Waals surface area contributed by atoms with Gasteiger partial charge in [-0.15, -0.1) is 0 Å². The van der Waals surface area contributed by atoms with E-state index < -0.39 is 51.1 Å². The SMILES string of the molecule is CC/C=C/C=C/C=C/C=C/CCCCCC(=O)OC(COC(=O)CCCCCCCCCCCCCCCCCCCCCC)COP(=O)(O)OC[C@@H](N)C(=O)O. The molecule has 0 aliphatic heterocycles. The molecule has 0 fully saturated rings. The number of hydrogen-bond donors (Lipinski definition) is 3. The van der Waals surface area contributed by atoms with Gasteiger partial charge in [0.1, 0.15) is 12.6 Å². The van der Waals surface area contributed by atoms with Crippen molar-refractivity contribution < 1.29 is 47.5 Å². The van der Waals surface area contributed by atoms with Gasteiger partial charge in [-0.25, -0.2) is 4.57 Å². The van der Waals surface area contributed by atoms with Gasteiger partial charge < -0.3 is 25.2 Å². The Kier molecular flexibility index (Phi) is 38.4. The Morgan fingerprint density at radius 3 is 1.47 bits per heavy atom. The van der Waals surface area contributed by atoms with Crippen molar-refractivity contribution in [1.29, 1.82) is 0 Å². The number of esters is 2. The predicted octanol–water partition coefficient (Wildman–Crippen LogP) is 11.8. The first-order valence-corrected chi connectivity index (χ1v) is 23.7. The van der Waals surface area contributed by atoms with Crippen molar-refractivity contribution in [2.45, 2.75) is 199 Å². The highest BCUT2D eigenvalue weighted by Crippen LogP contribution is 2.43. The average molecular weight is 826 g/mol. The fraction of sp³-hybridized carbons (Fsp3) is 0.756. The Labute approximate surface area is 345 Å². The second kappa shape index (κ2) is 40.2. The zero-order valence-electron chi connectivity index (χ0n) is 35.7. The number of ether oxygens (including phenoxy) is 2. The summed E-state index contributed by atoms with van der Waals surface area (Å²) < 4.78 is 32.6. The minimum atomic E-state index is -4.73. The van der Waals surface area contributed by atoms with Crippen LogP contribution < -0.4 is 5.73 Å². The molecule has 2 unspecified atom stereocenters. The van der Waals surface area contributed by atoms with Crippen molar-refractivity contribution in [3.8, 4) is 0 Å². The van der Waals surface area contributed by atoms with E-state index in [0.29, 0.717) is 12.8 Å². The van der Waals surface area contributed by atoms with E-state index in [4.69, 9.17) is 24.8 Å². The summed E-state index contributed by atoms with van der Waals surface area (Å²) in [5.41, 5.74) is 5.33. The molecule has 0 aliphatic carbocycles. The van der Waals surface area contributed by atoms with Crippen LogP contribution in [0, 0.1) is 0 Å². The van der Waals surface area contributed by atoms with E-state index in [9.17, 15) is 23.8 Å². The third-order valence-electron chi connectivity index (χ3n) is 9.44. The van der Waals surface area contributed by atoms with Crippen LogP contribution in [0.1, 0.15) is 187 Å². The first-order chi connectivity index (χ1) is 27.6. The summed E-state index contributed by atoms with van der Waals surface area (Å²) in [7, 11) is -4.73. The topological polar surface area (TPSA) is 172 Å². The maximum atomic E-state index is 12.6. The van der Waals surface area contributed by atoms with E-state index in [1.54, 1.807) is 0 Å². The predicted molar refractivity (Wildman–Crippen MR) is 231 cm³/mol. The molecule has 0 bridgehead atoms. The van der Waals surface area contributed by atoms with Crippen molar-refractivity contribution in [2.75, 3.05) is 19.8 Å². The molecule has 0 saturated heterocycles. The first-order valence-electron chi connectivity index (χ1n) is 22.2. The highest BCUT2D eigenvalue weighted by Gasteiger charge is 2.28. The number of nitrogens with two attached hydrogens (primary N) is 1. The summed E-state index contributed by atoms with van der Waals surface area (Å²) in [6.07, 6.45) is 44.8. The van der Waals surface area contributed by atoms with Gasteiger partial charge in [-0.1, -0.05) is 191 Å². The van der Waals surface area contributed by atoms with Crippen LogP contribution in [0.5, 0.6) is 0 Å². The van der Waals surface area contributed by atoms with Crippen LogP contribution >= 0.6 is 7.82 Å². The van der Waals surface area contributed by atoms with Crippen LogP contribution in [-0.4, -0.2) is 59.9 Å². The third kappa shape index (κ3) is 40.0. The number of phosphoric acid groups is 1. The molecule has 330 valence electrons. The smallest absolute Gasteiger partial charge is 0.472 e. The molecule has 11 nitrogen and oxygen atoms in total.